The third-order valence-corrected chi connectivity index (χ3v) is 5.10. The molecule has 1 aromatic heterocycles. The number of allylic oxidation sites excluding steroid dienone is 2. The molecular formula is C19H20N2O2. The van der Waals surface area contributed by atoms with Gasteiger partial charge < -0.3 is 4.98 Å². The minimum Gasteiger partial charge on any atom is -0.361 e. The Morgan fingerprint density at radius 3 is 2.48 bits per heavy atom. The van der Waals surface area contributed by atoms with Crippen molar-refractivity contribution in [1.82, 2.24) is 9.88 Å². The summed E-state index contributed by atoms with van der Waals surface area (Å²) in [5.74, 6) is -0.160. The SMILES string of the molecule is O=C1[C@H]2CC=CC[C@@H]2C(=O)N1CCCc1c[nH]c2ccccc12. The predicted octanol–water partition coefficient (Wildman–Crippen LogP) is 3.05. The Hall–Kier alpha value is -2.36. The number of aromatic amines is 1. The van der Waals surface area contributed by atoms with Crippen molar-refractivity contribution < 1.29 is 9.59 Å². The van der Waals surface area contributed by atoms with Gasteiger partial charge in [-0.25, -0.2) is 0 Å². The summed E-state index contributed by atoms with van der Waals surface area (Å²) < 4.78 is 0. The van der Waals surface area contributed by atoms with E-state index in [4.69, 9.17) is 0 Å². The van der Waals surface area contributed by atoms with Crippen LogP contribution in [0.15, 0.2) is 42.6 Å². The van der Waals surface area contributed by atoms with Crippen LogP contribution in [-0.4, -0.2) is 28.2 Å². The van der Waals surface area contributed by atoms with Gasteiger partial charge in [0.1, 0.15) is 0 Å². The zero-order valence-electron chi connectivity index (χ0n) is 13.0. The Bertz CT molecular complexity index is 764. The Balaban J connectivity index is 1.42. The molecule has 2 amide bonds. The van der Waals surface area contributed by atoms with E-state index < -0.39 is 0 Å². The molecule has 0 saturated carbocycles. The first-order valence-corrected chi connectivity index (χ1v) is 8.31. The number of nitrogens with zero attached hydrogens (tertiary/aromatic N) is 1. The highest BCUT2D eigenvalue weighted by Gasteiger charge is 2.46. The van der Waals surface area contributed by atoms with Gasteiger partial charge in [-0.2, -0.15) is 0 Å². The van der Waals surface area contributed by atoms with E-state index >= 15 is 0 Å². The molecule has 2 atom stereocenters. The van der Waals surface area contributed by atoms with E-state index in [0.717, 1.165) is 18.4 Å². The number of amides is 2. The highest BCUT2D eigenvalue weighted by molar-refractivity contribution is 6.05. The number of para-hydroxylation sites is 1. The third kappa shape index (κ3) is 2.38. The van der Waals surface area contributed by atoms with E-state index in [1.165, 1.54) is 15.8 Å². The first-order chi connectivity index (χ1) is 11.3. The topological polar surface area (TPSA) is 53.2 Å². The molecule has 0 radical (unpaired) electrons. The molecule has 0 bridgehead atoms. The largest absolute Gasteiger partial charge is 0.361 e. The maximum atomic E-state index is 12.4. The van der Waals surface area contributed by atoms with Gasteiger partial charge in [0.2, 0.25) is 11.8 Å². The number of carbonyl (C=O) groups is 2. The molecule has 1 N–H and O–H groups in total. The molecule has 4 rings (SSSR count). The van der Waals surface area contributed by atoms with E-state index in [2.05, 4.69) is 17.1 Å². The van der Waals surface area contributed by atoms with Crippen LogP contribution >= 0.6 is 0 Å². The second-order valence-corrected chi connectivity index (χ2v) is 6.45. The van der Waals surface area contributed by atoms with Gasteiger partial charge in [-0.05, 0) is 37.3 Å². The number of carbonyl (C=O) groups excluding carboxylic acids is 2. The minimum atomic E-state index is -0.111. The lowest BCUT2D eigenvalue weighted by Gasteiger charge is -2.14. The lowest BCUT2D eigenvalue weighted by Crippen LogP contribution is -2.32. The highest BCUT2D eigenvalue weighted by atomic mass is 16.2. The van der Waals surface area contributed by atoms with E-state index in [1.54, 1.807) is 0 Å². The van der Waals surface area contributed by atoms with Crippen LogP contribution in [0.25, 0.3) is 10.9 Å². The normalized spacial score (nSPS) is 23.7. The van der Waals surface area contributed by atoms with Gasteiger partial charge in [0.25, 0.3) is 0 Å². The summed E-state index contributed by atoms with van der Waals surface area (Å²) in [6, 6.07) is 8.21. The standard InChI is InChI=1S/C19H20N2O2/c22-18-15-8-1-2-9-16(15)19(23)21(18)11-5-6-13-12-20-17-10-4-3-7-14(13)17/h1-4,7,10,12,15-16,20H,5-6,8-9,11H2/t15-,16-/m0/s1. The first kappa shape index (κ1) is 14.2. The molecule has 118 valence electrons. The summed E-state index contributed by atoms with van der Waals surface area (Å²) in [7, 11) is 0. The smallest absolute Gasteiger partial charge is 0.233 e. The van der Waals surface area contributed by atoms with E-state index in [-0.39, 0.29) is 23.7 Å². The highest BCUT2D eigenvalue weighted by Crippen LogP contribution is 2.35. The Morgan fingerprint density at radius 1 is 1.04 bits per heavy atom. The van der Waals surface area contributed by atoms with Crippen LogP contribution in [0, 0.1) is 11.8 Å². The summed E-state index contributed by atoms with van der Waals surface area (Å²) >= 11 is 0. The van der Waals surface area contributed by atoms with Crippen molar-refractivity contribution >= 4 is 22.7 Å². The molecule has 23 heavy (non-hydrogen) atoms. The van der Waals surface area contributed by atoms with E-state index in [9.17, 15) is 9.59 Å². The van der Waals surface area contributed by atoms with Crippen LogP contribution in [0.3, 0.4) is 0 Å². The van der Waals surface area contributed by atoms with Gasteiger partial charge in [-0.1, -0.05) is 30.4 Å². The van der Waals surface area contributed by atoms with Gasteiger partial charge in [0.15, 0.2) is 0 Å². The summed E-state index contributed by atoms with van der Waals surface area (Å²) in [4.78, 5) is 29.6. The molecule has 1 aliphatic carbocycles. The number of benzene rings is 1. The van der Waals surface area contributed by atoms with Crippen molar-refractivity contribution in [3.8, 4) is 0 Å². The molecule has 0 unspecified atom stereocenters. The quantitative estimate of drug-likeness (QED) is 0.697. The fourth-order valence-corrected chi connectivity index (χ4v) is 3.86. The van der Waals surface area contributed by atoms with Crippen molar-refractivity contribution in [2.45, 2.75) is 25.7 Å². The number of hydrogen-bond acceptors (Lipinski definition) is 2. The second kappa shape index (κ2) is 5.69. The number of imide groups is 1. The van der Waals surface area contributed by atoms with Crippen molar-refractivity contribution in [1.29, 1.82) is 0 Å². The summed E-state index contributed by atoms with van der Waals surface area (Å²) in [6.07, 6.45) is 9.20. The van der Waals surface area contributed by atoms with Gasteiger partial charge >= 0.3 is 0 Å². The number of hydrogen-bond donors (Lipinski definition) is 1. The molecule has 1 aromatic carbocycles. The number of aryl methyl sites for hydroxylation is 1. The van der Waals surface area contributed by atoms with Gasteiger partial charge in [0.05, 0.1) is 11.8 Å². The number of fused-ring (bicyclic) bond motifs is 2. The summed E-state index contributed by atoms with van der Waals surface area (Å²) in [5.41, 5.74) is 2.38. The van der Waals surface area contributed by atoms with Crippen molar-refractivity contribution in [2.24, 2.45) is 11.8 Å². The molecule has 4 heteroatoms. The molecule has 4 nitrogen and oxygen atoms in total. The van der Waals surface area contributed by atoms with Crippen LogP contribution in [0.2, 0.25) is 0 Å². The average Bonchev–Trinajstić information content (AvgIpc) is 3.10. The fraction of sp³-hybridized carbons (Fsp3) is 0.368. The Labute approximate surface area is 135 Å². The number of likely N-dealkylation sites (tertiary alicyclic amines) is 1. The third-order valence-electron chi connectivity index (χ3n) is 5.10. The average molecular weight is 308 g/mol. The Kier molecular flexibility index (Phi) is 3.52. The Morgan fingerprint density at radius 2 is 1.74 bits per heavy atom. The number of nitrogens with one attached hydrogen (secondary N) is 1. The molecule has 0 spiro atoms. The first-order valence-electron chi connectivity index (χ1n) is 8.31. The summed E-state index contributed by atoms with van der Waals surface area (Å²) in [5, 5.41) is 1.23. The zero-order chi connectivity index (χ0) is 15.8. The lowest BCUT2D eigenvalue weighted by atomic mass is 9.85. The molecule has 2 aromatic rings. The van der Waals surface area contributed by atoms with Crippen LogP contribution in [0.1, 0.15) is 24.8 Å². The molecule has 1 fully saturated rings. The maximum Gasteiger partial charge on any atom is 0.233 e. The fourth-order valence-electron chi connectivity index (χ4n) is 3.86. The molecular weight excluding hydrogens is 288 g/mol. The van der Waals surface area contributed by atoms with Crippen LogP contribution in [0.4, 0.5) is 0 Å². The number of H-pyrrole nitrogens is 1. The van der Waals surface area contributed by atoms with Crippen molar-refractivity contribution in [3.05, 3.63) is 48.2 Å². The predicted molar refractivity (Wildman–Crippen MR) is 88.7 cm³/mol. The van der Waals surface area contributed by atoms with Crippen molar-refractivity contribution in [3.63, 3.8) is 0 Å². The lowest BCUT2D eigenvalue weighted by molar-refractivity contribution is -0.139. The monoisotopic (exact) mass is 308 g/mol. The van der Waals surface area contributed by atoms with Gasteiger partial charge in [-0.15, -0.1) is 0 Å². The molecule has 2 heterocycles. The van der Waals surface area contributed by atoms with Crippen LogP contribution < -0.4 is 0 Å². The number of aromatic nitrogens is 1. The second-order valence-electron chi connectivity index (χ2n) is 6.45. The molecule has 1 saturated heterocycles. The van der Waals surface area contributed by atoms with E-state index in [1.807, 2.05) is 30.5 Å². The minimum absolute atomic E-state index is 0.0308. The molecule has 2 aliphatic rings. The van der Waals surface area contributed by atoms with Gasteiger partial charge in [0, 0.05) is 23.6 Å². The van der Waals surface area contributed by atoms with Crippen molar-refractivity contribution in [2.75, 3.05) is 6.54 Å². The molecule has 1 aliphatic heterocycles. The van der Waals surface area contributed by atoms with Crippen LogP contribution in [0.5, 0.6) is 0 Å². The maximum absolute atomic E-state index is 12.4. The summed E-state index contributed by atoms with van der Waals surface area (Å²) in [6.45, 7) is 0.532. The van der Waals surface area contributed by atoms with Gasteiger partial charge in [-0.3, -0.25) is 14.5 Å². The zero-order valence-corrected chi connectivity index (χ0v) is 13.0. The number of rotatable bonds is 4. The van der Waals surface area contributed by atoms with E-state index in [0.29, 0.717) is 19.4 Å². The van der Waals surface area contributed by atoms with Crippen LogP contribution in [-0.2, 0) is 16.0 Å².